The number of fused-ring (bicyclic) bond motifs is 1. The highest BCUT2D eigenvalue weighted by molar-refractivity contribution is 6.04. The van der Waals surface area contributed by atoms with Crippen molar-refractivity contribution in [3.05, 3.63) is 88.5 Å². The second kappa shape index (κ2) is 11.6. The average molecular weight is 469 g/mol. The van der Waals surface area contributed by atoms with E-state index in [4.69, 9.17) is 0 Å². The van der Waals surface area contributed by atoms with Crippen LogP contribution in [0.5, 0.6) is 0 Å². The van der Waals surface area contributed by atoms with Crippen molar-refractivity contribution in [2.45, 2.75) is 53.4 Å². The number of benzene rings is 2. The standard InChI is InChI=1S/C32H41N3/c1-6-34(7-2)26-18-14-24(15-19-26)32(25-16-20-27(21-17-25)35(8-3)9-4)30-22-23-31(33-5)29-13-11-10-12-28(29)30/h14-23H,6-13H2,1-5H3/p+1. The van der Waals surface area contributed by atoms with Gasteiger partial charge in [-0.15, -0.1) is 0 Å². The number of anilines is 2. The van der Waals surface area contributed by atoms with Crippen molar-refractivity contribution < 1.29 is 4.58 Å². The lowest BCUT2D eigenvalue weighted by Gasteiger charge is -2.26. The minimum Gasteiger partial charge on any atom is -0.388 e. The van der Waals surface area contributed by atoms with Gasteiger partial charge >= 0.3 is 0 Å². The first-order valence-corrected chi connectivity index (χ1v) is 13.6. The van der Waals surface area contributed by atoms with E-state index in [-0.39, 0.29) is 0 Å². The molecule has 3 nitrogen and oxygen atoms in total. The summed E-state index contributed by atoms with van der Waals surface area (Å²) in [5.74, 6) is 0. The van der Waals surface area contributed by atoms with Gasteiger partial charge < -0.3 is 10.2 Å². The van der Waals surface area contributed by atoms with E-state index >= 15 is 0 Å². The third kappa shape index (κ3) is 5.15. The Morgan fingerprint density at radius 1 is 0.800 bits per heavy atom. The van der Waals surface area contributed by atoms with E-state index in [0.29, 0.717) is 0 Å². The lowest BCUT2D eigenvalue weighted by atomic mass is 9.81. The van der Waals surface area contributed by atoms with E-state index in [1.54, 1.807) is 0 Å². The minimum absolute atomic E-state index is 1.03. The van der Waals surface area contributed by atoms with E-state index in [0.717, 1.165) is 39.0 Å². The van der Waals surface area contributed by atoms with Crippen LogP contribution in [-0.2, 0) is 12.8 Å². The smallest absolute Gasteiger partial charge is 0.199 e. The zero-order valence-corrected chi connectivity index (χ0v) is 22.3. The third-order valence-electron chi connectivity index (χ3n) is 7.64. The first kappa shape index (κ1) is 25.0. The average Bonchev–Trinajstić information content (AvgIpc) is 2.92. The Bertz CT molecular complexity index is 1130. The molecule has 0 aliphatic heterocycles. The molecular weight excluding hydrogens is 426 g/mol. The van der Waals surface area contributed by atoms with Crippen molar-refractivity contribution in [3.63, 3.8) is 0 Å². The molecule has 4 rings (SSSR count). The maximum absolute atomic E-state index is 3.45. The number of hydrogen-bond acceptors (Lipinski definition) is 2. The van der Waals surface area contributed by atoms with Gasteiger partial charge in [0.25, 0.3) is 0 Å². The Kier molecular flexibility index (Phi) is 8.28. The Balaban J connectivity index is 1.89. The van der Waals surface area contributed by atoms with Crippen LogP contribution in [0.2, 0.25) is 0 Å². The second-order valence-electron chi connectivity index (χ2n) is 9.39. The highest BCUT2D eigenvalue weighted by Gasteiger charge is 2.22. The SMILES string of the molecule is CCN(CC)c1ccc(C(=C2C=CC(=[N+](CC)CC)C=C2)c2ccc(NC)c3c2CCCC3)cc1. The summed E-state index contributed by atoms with van der Waals surface area (Å²) in [5.41, 5.74) is 12.2. The molecule has 0 radical (unpaired) electrons. The van der Waals surface area contributed by atoms with Gasteiger partial charge in [0.15, 0.2) is 5.71 Å². The predicted octanol–water partition coefficient (Wildman–Crippen LogP) is 6.87. The molecule has 1 N–H and O–H groups in total. The highest BCUT2D eigenvalue weighted by Crippen LogP contribution is 2.39. The fourth-order valence-electron chi connectivity index (χ4n) is 5.67. The Morgan fingerprint density at radius 3 is 2.00 bits per heavy atom. The van der Waals surface area contributed by atoms with Crippen molar-refractivity contribution in [1.29, 1.82) is 0 Å². The summed E-state index contributed by atoms with van der Waals surface area (Å²) in [5, 5.41) is 3.45. The van der Waals surface area contributed by atoms with Crippen LogP contribution in [-0.4, -0.2) is 43.5 Å². The maximum Gasteiger partial charge on any atom is 0.199 e. The summed E-state index contributed by atoms with van der Waals surface area (Å²) in [4.78, 5) is 2.41. The summed E-state index contributed by atoms with van der Waals surface area (Å²) < 4.78 is 2.41. The Labute approximate surface area is 212 Å². The second-order valence-corrected chi connectivity index (χ2v) is 9.39. The molecule has 0 saturated carbocycles. The summed E-state index contributed by atoms with van der Waals surface area (Å²) in [6.45, 7) is 13.0. The molecule has 35 heavy (non-hydrogen) atoms. The summed E-state index contributed by atoms with van der Waals surface area (Å²) >= 11 is 0. The molecule has 184 valence electrons. The van der Waals surface area contributed by atoms with Crippen LogP contribution >= 0.6 is 0 Å². The highest BCUT2D eigenvalue weighted by atomic mass is 15.1. The molecular formula is C32H42N3+. The molecule has 2 aromatic rings. The quantitative estimate of drug-likeness (QED) is 0.426. The Hall–Kier alpha value is -3.07. The van der Waals surface area contributed by atoms with Gasteiger partial charge in [0, 0.05) is 43.7 Å². The van der Waals surface area contributed by atoms with Gasteiger partial charge in [-0.05, 0) is 117 Å². The van der Waals surface area contributed by atoms with E-state index < -0.39 is 0 Å². The minimum atomic E-state index is 1.03. The lowest BCUT2D eigenvalue weighted by molar-refractivity contribution is -0.519. The van der Waals surface area contributed by atoms with Crippen LogP contribution < -0.4 is 10.2 Å². The van der Waals surface area contributed by atoms with Crippen LogP contribution in [0.25, 0.3) is 5.57 Å². The Morgan fingerprint density at radius 2 is 1.43 bits per heavy atom. The van der Waals surface area contributed by atoms with E-state index in [9.17, 15) is 0 Å². The third-order valence-corrected chi connectivity index (χ3v) is 7.64. The van der Waals surface area contributed by atoms with Gasteiger partial charge in [-0.3, -0.25) is 0 Å². The monoisotopic (exact) mass is 468 g/mol. The summed E-state index contributed by atoms with van der Waals surface area (Å²) in [6, 6.07) is 13.9. The van der Waals surface area contributed by atoms with Gasteiger partial charge in [-0.25, -0.2) is 4.58 Å². The predicted molar refractivity (Wildman–Crippen MR) is 153 cm³/mol. The zero-order chi connectivity index (χ0) is 24.8. The van der Waals surface area contributed by atoms with Crippen molar-refractivity contribution in [2.75, 3.05) is 43.4 Å². The number of nitrogens with one attached hydrogen (secondary N) is 1. The van der Waals surface area contributed by atoms with Gasteiger partial charge in [0.05, 0.1) is 0 Å². The van der Waals surface area contributed by atoms with Crippen molar-refractivity contribution in [1.82, 2.24) is 0 Å². The van der Waals surface area contributed by atoms with E-state index in [1.807, 2.05) is 7.05 Å². The first-order valence-electron chi connectivity index (χ1n) is 13.6. The van der Waals surface area contributed by atoms with Crippen LogP contribution in [0.1, 0.15) is 62.8 Å². The molecule has 0 spiro atoms. The normalized spacial score (nSPS) is 14.7. The number of allylic oxidation sites excluding steroid dienone is 5. The molecule has 0 atom stereocenters. The number of nitrogens with zero attached hydrogens (tertiary/aromatic N) is 2. The van der Waals surface area contributed by atoms with Crippen LogP contribution in [0.15, 0.2) is 66.3 Å². The molecule has 0 saturated heterocycles. The molecule has 0 heterocycles. The number of rotatable bonds is 8. The molecule has 2 aliphatic carbocycles. The summed E-state index contributed by atoms with van der Waals surface area (Å²) in [7, 11) is 2.05. The molecule has 3 heteroatoms. The molecule has 2 aliphatic rings. The largest absolute Gasteiger partial charge is 0.388 e. The molecule has 2 aromatic carbocycles. The van der Waals surface area contributed by atoms with Gasteiger partial charge in [-0.2, -0.15) is 0 Å². The van der Waals surface area contributed by atoms with Crippen LogP contribution in [0, 0.1) is 0 Å². The number of hydrogen-bond donors (Lipinski definition) is 1. The van der Waals surface area contributed by atoms with Gasteiger partial charge in [0.2, 0.25) is 0 Å². The molecule has 0 unspecified atom stereocenters. The molecule has 0 amide bonds. The molecule has 0 fully saturated rings. The van der Waals surface area contributed by atoms with E-state index in [1.165, 1.54) is 63.3 Å². The van der Waals surface area contributed by atoms with Crippen molar-refractivity contribution in [3.8, 4) is 0 Å². The van der Waals surface area contributed by atoms with Gasteiger partial charge in [-0.1, -0.05) is 18.2 Å². The fourth-order valence-corrected chi connectivity index (χ4v) is 5.67. The summed E-state index contributed by atoms with van der Waals surface area (Å²) in [6.07, 6.45) is 14.1. The van der Waals surface area contributed by atoms with Crippen molar-refractivity contribution >= 4 is 22.7 Å². The fraction of sp³-hybridized carbons (Fsp3) is 0.406. The van der Waals surface area contributed by atoms with Crippen LogP contribution in [0.4, 0.5) is 11.4 Å². The topological polar surface area (TPSA) is 18.3 Å². The molecule has 0 bridgehead atoms. The maximum atomic E-state index is 3.45. The van der Waals surface area contributed by atoms with Crippen molar-refractivity contribution in [2.24, 2.45) is 0 Å². The zero-order valence-electron chi connectivity index (χ0n) is 22.3. The van der Waals surface area contributed by atoms with Gasteiger partial charge in [0.1, 0.15) is 13.1 Å². The van der Waals surface area contributed by atoms with Crippen LogP contribution in [0.3, 0.4) is 0 Å². The lowest BCUT2D eigenvalue weighted by Crippen LogP contribution is -2.21. The van der Waals surface area contributed by atoms with E-state index in [2.05, 4.69) is 103 Å². The first-order chi connectivity index (χ1) is 17.1. The molecule has 0 aromatic heterocycles.